The maximum absolute atomic E-state index is 12.1. The van der Waals surface area contributed by atoms with Gasteiger partial charge in [-0.2, -0.15) is 0 Å². The number of halogens is 2. The highest BCUT2D eigenvalue weighted by molar-refractivity contribution is 6.36. The van der Waals surface area contributed by atoms with Gasteiger partial charge in [-0.05, 0) is 25.1 Å². The Morgan fingerprint density at radius 2 is 1.81 bits per heavy atom. The van der Waals surface area contributed by atoms with E-state index in [2.05, 4.69) is 5.32 Å². The Kier molecular flexibility index (Phi) is 6.54. The number of hydrogen-bond donors (Lipinski definition) is 1. The van der Waals surface area contributed by atoms with E-state index in [4.69, 9.17) is 27.9 Å². The van der Waals surface area contributed by atoms with Gasteiger partial charge in [-0.15, -0.1) is 0 Å². The van der Waals surface area contributed by atoms with Gasteiger partial charge in [-0.25, -0.2) is 0 Å². The second kappa shape index (κ2) is 8.64. The van der Waals surface area contributed by atoms with Gasteiger partial charge in [0, 0.05) is 33.4 Å². The first-order valence-electron chi connectivity index (χ1n) is 7.45. The molecule has 136 valence electrons. The molecule has 26 heavy (non-hydrogen) atoms. The van der Waals surface area contributed by atoms with Gasteiger partial charge in [0.2, 0.25) is 0 Å². The molecule has 0 saturated heterocycles. The van der Waals surface area contributed by atoms with Crippen LogP contribution in [0.2, 0.25) is 10.0 Å². The van der Waals surface area contributed by atoms with Crippen LogP contribution in [-0.4, -0.2) is 22.9 Å². The van der Waals surface area contributed by atoms with E-state index < -0.39 is 22.9 Å². The summed E-state index contributed by atoms with van der Waals surface area (Å²) in [4.78, 5) is 34.3. The molecule has 0 unspecified atom stereocenters. The molecule has 0 aliphatic rings. The Bertz CT molecular complexity index is 837. The van der Waals surface area contributed by atoms with E-state index in [1.807, 2.05) is 0 Å². The van der Waals surface area contributed by atoms with Crippen LogP contribution in [-0.2, 0) is 20.7 Å². The highest BCUT2D eigenvalue weighted by Gasteiger charge is 2.20. The lowest BCUT2D eigenvalue weighted by molar-refractivity contribution is -0.384. The number of esters is 1. The van der Waals surface area contributed by atoms with Crippen LogP contribution in [0.4, 0.5) is 11.4 Å². The molecule has 0 heterocycles. The second-order valence-corrected chi connectivity index (χ2v) is 6.12. The van der Waals surface area contributed by atoms with Gasteiger partial charge in [0.1, 0.15) is 0 Å². The van der Waals surface area contributed by atoms with Crippen LogP contribution in [0.5, 0.6) is 0 Å². The van der Waals surface area contributed by atoms with Crippen molar-refractivity contribution in [1.82, 2.24) is 0 Å². The maximum atomic E-state index is 12.1. The lowest BCUT2D eigenvalue weighted by Gasteiger charge is -2.14. The molecule has 1 N–H and O–H groups in total. The van der Waals surface area contributed by atoms with Crippen molar-refractivity contribution in [2.75, 3.05) is 5.32 Å². The molecule has 0 bridgehead atoms. The van der Waals surface area contributed by atoms with E-state index in [1.165, 1.54) is 31.2 Å². The molecule has 1 atom stereocenters. The standard InChI is InChI=1S/C17H14Cl2N2O5/c1-10(17(23)20-11-4-2-5-12(8-11)21(24)25)26-16(22)9-13-14(18)6-3-7-15(13)19/h2-8,10H,9H2,1H3,(H,20,23)/t10-/m0/s1. The fourth-order valence-electron chi connectivity index (χ4n) is 2.08. The van der Waals surface area contributed by atoms with Crippen molar-refractivity contribution in [1.29, 1.82) is 0 Å². The number of carbonyl (C=O) groups is 2. The number of nitrogens with one attached hydrogen (secondary N) is 1. The van der Waals surface area contributed by atoms with Crippen molar-refractivity contribution in [3.63, 3.8) is 0 Å². The van der Waals surface area contributed by atoms with E-state index in [-0.39, 0.29) is 17.8 Å². The molecule has 0 aliphatic heterocycles. The van der Waals surface area contributed by atoms with Gasteiger partial charge in [-0.3, -0.25) is 19.7 Å². The van der Waals surface area contributed by atoms with Gasteiger partial charge >= 0.3 is 5.97 Å². The summed E-state index contributed by atoms with van der Waals surface area (Å²) in [7, 11) is 0. The molecule has 2 aromatic rings. The second-order valence-electron chi connectivity index (χ2n) is 5.31. The number of nitrogens with zero attached hydrogens (tertiary/aromatic N) is 1. The number of ether oxygens (including phenoxy) is 1. The number of benzene rings is 2. The molecule has 0 saturated carbocycles. The van der Waals surface area contributed by atoms with Gasteiger partial charge in [0.15, 0.2) is 6.10 Å². The molecule has 2 aromatic carbocycles. The van der Waals surface area contributed by atoms with Crippen LogP contribution in [0.1, 0.15) is 12.5 Å². The lowest BCUT2D eigenvalue weighted by Crippen LogP contribution is -2.30. The largest absolute Gasteiger partial charge is 0.452 e. The SMILES string of the molecule is C[C@H](OC(=O)Cc1c(Cl)cccc1Cl)C(=O)Nc1cccc([N+](=O)[O-])c1. The molecular weight excluding hydrogens is 383 g/mol. The smallest absolute Gasteiger partial charge is 0.311 e. The number of non-ortho nitro benzene ring substituents is 1. The Morgan fingerprint density at radius 1 is 1.19 bits per heavy atom. The van der Waals surface area contributed by atoms with Gasteiger partial charge in [0.05, 0.1) is 11.3 Å². The molecule has 0 aliphatic carbocycles. The summed E-state index contributed by atoms with van der Waals surface area (Å²) in [6, 6.07) is 10.3. The number of amides is 1. The van der Waals surface area contributed by atoms with Crippen LogP contribution < -0.4 is 5.32 Å². The molecule has 2 rings (SSSR count). The van der Waals surface area contributed by atoms with Crippen molar-refractivity contribution in [2.24, 2.45) is 0 Å². The third kappa shape index (κ3) is 5.18. The molecule has 1 amide bonds. The summed E-state index contributed by atoms with van der Waals surface area (Å²) in [5, 5.41) is 13.8. The van der Waals surface area contributed by atoms with Crippen molar-refractivity contribution in [3.8, 4) is 0 Å². The van der Waals surface area contributed by atoms with Gasteiger partial charge in [-0.1, -0.05) is 35.3 Å². The minimum atomic E-state index is -1.11. The first kappa shape index (κ1) is 19.7. The Hall–Kier alpha value is -2.64. The average Bonchev–Trinajstić information content (AvgIpc) is 2.58. The summed E-state index contributed by atoms with van der Waals surface area (Å²) in [5.74, 6) is -1.30. The van der Waals surface area contributed by atoms with Crippen LogP contribution >= 0.6 is 23.2 Å². The zero-order valence-electron chi connectivity index (χ0n) is 13.6. The summed E-state index contributed by atoms with van der Waals surface area (Å²) >= 11 is 12.0. The van der Waals surface area contributed by atoms with Crippen LogP contribution in [0.15, 0.2) is 42.5 Å². The Labute approximate surface area is 159 Å². The lowest BCUT2D eigenvalue weighted by atomic mass is 10.1. The summed E-state index contributed by atoms with van der Waals surface area (Å²) in [6.45, 7) is 1.39. The predicted octanol–water partition coefficient (Wildman–Crippen LogP) is 4.01. The summed E-state index contributed by atoms with van der Waals surface area (Å²) in [6.07, 6.45) is -1.30. The highest BCUT2D eigenvalue weighted by atomic mass is 35.5. The van der Waals surface area contributed by atoms with Crippen LogP contribution in [0.3, 0.4) is 0 Å². The van der Waals surface area contributed by atoms with E-state index in [1.54, 1.807) is 18.2 Å². The minimum Gasteiger partial charge on any atom is -0.452 e. The monoisotopic (exact) mass is 396 g/mol. The van der Waals surface area contributed by atoms with Crippen molar-refractivity contribution < 1.29 is 19.2 Å². The van der Waals surface area contributed by atoms with Gasteiger partial charge < -0.3 is 10.1 Å². The summed E-state index contributed by atoms with van der Waals surface area (Å²) in [5.41, 5.74) is 0.467. The minimum absolute atomic E-state index is 0.166. The average molecular weight is 397 g/mol. The highest BCUT2D eigenvalue weighted by Crippen LogP contribution is 2.25. The third-order valence-corrected chi connectivity index (χ3v) is 4.09. The number of hydrogen-bond acceptors (Lipinski definition) is 5. The molecule has 0 aromatic heterocycles. The first-order valence-corrected chi connectivity index (χ1v) is 8.21. The quantitative estimate of drug-likeness (QED) is 0.451. The van der Waals surface area contributed by atoms with Crippen LogP contribution in [0.25, 0.3) is 0 Å². The van der Waals surface area contributed by atoms with E-state index >= 15 is 0 Å². The van der Waals surface area contributed by atoms with E-state index in [0.717, 1.165) is 0 Å². The number of nitro benzene ring substituents is 1. The van der Waals surface area contributed by atoms with Crippen molar-refractivity contribution in [3.05, 3.63) is 68.2 Å². The van der Waals surface area contributed by atoms with Crippen molar-refractivity contribution in [2.45, 2.75) is 19.4 Å². The number of carbonyl (C=O) groups excluding carboxylic acids is 2. The molecule has 0 radical (unpaired) electrons. The molecule has 9 heteroatoms. The normalized spacial score (nSPS) is 11.5. The fraction of sp³-hybridized carbons (Fsp3) is 0.176. The number of nitro groups is 1. The molecule has 0 spiro atoms. The zero-order chi connectivity index (χ0) is 19.3. The van der Waals surface area contributed by atoms with Crippen LogP contribution in [0, 0.1) is 10.1 Å². The topological polar surface area (TPSA) is 98.5 Å². The van der Waals surface area contributed by atoms with Crippen molar-refractivity contribution >= 4 is 46.5 Å². The first-order chi connectivity index (χ1) is 12.3. The summed E-state index contributed by atoms with van der Waals surface area (Å²) < 4.78 is 5.07. The van der Waals surface area contributed by atoms with E-state index in [9.17, 15) is 19.7 Å². The number of rotatable bonds is 6. The Morgan fingerprint density at radius 3 is 2.42 bits per heavy atom. The third-order valence-electron chi connectivity index (χ3n) is 3.38. The number of anilines is 1. The maximum Gasteiger partial charge on any atom is 0.311 e. The Balaban J connectivity index is 1.97. The van der Waals surface area contributed by atoms with Gasteiger partial charge in [0.25, 0.3) is 11.6 Å². The molecular formula is C17H14Cl2N2O5. The van der Waals surface area contributed by atoms with E-state index in [0.29, 0.717) is 15.6 Å². The molecule has 0 fully saturated rings. The fourth-order valence-corrected chi connectivity index (χ4v) is 2.61. The molecule has 7 nitrogen and oxygen atoms in total. The predicted molar refractivity (Wildman–Crippen MR) is 97.4 cm³/mol. The zero-order valence-corrected chi connectivity index (χ0v) is 15.1.